The van der Waals surface area contributed by atoms with Crippen LogP contribution in [0, 0.1) is 13.8 Å². The van der Waals surface area contributed by atoms with Crippen molar-refractivity contribution in [2.75, 3.05) is 31.1 Å². The van der Waals surface area contributed by atoms with Gasteiger partial charge in [-0.15, -0.1) is 11.3 Å². The zero-order valence-corrected chi connectivity index (χ0v) is 17.9. The van der Waals surface area contributed by atoms with Crippen LogP contribution in [0.25, 0.3) is 15.9 Å². The minimum Gasteiger partial charge on any atom is -0.353 e. The van der Waals surface area contributed by atoms with Gasteiger partial charge in [0.25, 0.3) is 5.91 Å². The van der Waals surface area contributed by atoms with Crippen LogP contribution in [-0.4, -0.2) is 51.5 Å². The lowest BCUT2D eigenvalue weighted by Gasteiger charge is -2.35. The summed E-state index contributed by atoms with van der Waals surface area (Å²) in [6.07, 6.45) is 3.60. The van der Waals surface area contributed by atoms with Crippen molar-refractivity contribution in [2.24, 2.45) is 0 Å². The van der Waals surface area contributed by atoms with Gasteiger partial charge in [0.2, 0.25) is 0 Å². The second kappa shape index (κ2) is 7.57. The number of amides is 1. The summed E-state index contributed by atoms with van der Waals surface area (Å²) in [4.78, 5) is 28.4. The average Bonchev–Trinajstić information content (AvgIpc) is 3.33. The summed E-state index contributed by atoms with van der Waals surface area (Å²) >= 11 is 1.49. The topological polar surface area (TPSA) is 54.3 Å². The highest BCUT2D eigenvalue weighted by Gasteiger charge is 2.28. The largest absolute Gasteiger partial charge is 0.353 e. The molecule has 152 valence electrons. The standard InChI is InChI=1S/C23H23N5OS/c1-16-8-9-17(2)28(16)20-18-6-5-11-25-22(18)30-21(20)23(29)27-14-12-26(13-15-27)19-7-3-4-10-24-19/h3-11H,12-15H2,1-2H3. The molecule has 0 saturated carbocycles. The van der Waals surface area contributed by atoms with E-state index >= 15 is 0 Å². The molecule has 0 radical (unpaired) electrons. The first-order valence-electron chi connectivity index (χ1n) is 10.1. The summed E-state index contributed by atoms with van der Waals surface area (Å²) in [7, 11) is 0. The van der Waals surface area contributed by atoms with Gasteiger partial charge < -0.3 is 14.4 Å². The Morgan fingerprint density at radius 3 is 2.33 bits per heavy atom. The summed E-state index contributed by atoms with van der Waals surface area (Å²) < 4.78 is 2.18. The number of rotatable bonds is 3. The summed E-state index contributed by atoms with van der Waals surface area (Å²) in [6, 6.07) is 14.1. The van der Waals surface area contributed by atoms with Crippen molar-refractivity contribution in [3.63, 3.8) is 0 Å². The maximum Gasteiger partial charge on any atom is 0.266 e. The molecule has 30 heavy (non-hydrogen) atoms. The Morgan fingerprint density at radius 2 is 1.63 bits per heavy atom. The molecule has 1 amide bonds. The van der Waals surface area contributed by atoms with E-state index in [-0.39, 0.29) is 5.91 Å². The SMILES string of the molecule is Cc1ccc(C)n1-c1c(C(=O)N2CCN(c3ccccn3)CC2)sc2ncccc12. The van der Waals surface area contributed by atoms with Crippen LogP contribution < -0.4 is 4.90 Å². The molecule has 7 heteroatoms. The van der Waals surface area contributed by atoms with E-state index in [1.54, 1.807) is 6.20 Å². The molecule has 5 heterocycles. The fourth-order valence-corrected chi connectivity index (χ4v) is 5.23. The van der Waals surface area contributed by atoms with E-state index in [2.05, 4.69) is 51.5 Å². The predicted molar refractivity (Wildman–Crippen MR) is 121 cm³/mol. The number of aromatic nitrogens is 3. The van der Waals surface area contributed by atoms with Crippen LogP contribution in [0.1, 0.15) is 21.1 Å². The van der Waals surface area contributed by atoms with Gasteiger partial charge in [0.1, 0.15) is 15.5 Å². The Labute approximate surface area is 179 Å². The van der Waals surface area contributed by atoms with Gasteiger partial charge in [-0.3, -0.25) is 4.79 Å². The van der Waals surface area contributed by atoms with E-state index in [0.29, 0.717) is 13.1 Å². The predicted octanol–water partition coefficient (Wildman–Crippen LogP) is 4.06. The fourth-order valence-electron chi connectivity index (χ4n) is 4.13. The van der Waals surface area contributed by atoms with Crippen molar-refractivity contribution in [1.82, 2.24) is 19.4 Å². The molecule has 0 N–H and O–H groups in total. The smallest absolute Gasteiger partial charge is 0.266 e. The van der Waals surface area contributed by atoms with Crippen molar-refractivity contribution in [1.29, 1.82) is 0 Å². The normalized spacial score (nSPS) is 14.5. The molecule has 1 saturated heterocycles. The highest BCUT2D eigenvalue weighted by molar-refractivity contribution is 7.21. The second-order valence-corrected chi connectivity index (χ2v) is 8.55. The fraction of sp³-hybridized carbons (Fsp3) is 0.261. The van der Waals surface area contributed by atoms with Crippen LogP contribution in [0.4, 0.5) is 5.82 Å². The van der Waals surface area contributed by atoms with Gasteiger partial charge in [-0.2, -0.15) is 0 Å². The number of aryl methyl sites for hydroxylation is 2. The first-order valence-corrected chi connectivity index (χ1v) is 10.9. The Kier molecular flexibility index (Phi) is 4.75. The lowest BCUT2D eigenvalue weighted by atomic mass is 10.2. The number of hydrogen-bond acceptors (Lipinski definition) is 5. The zero-order chi connectivity index (χ0) is 20.7. The number of carbonyl (C=O) groups is 1. The number of hydrogen-bond donors (Lipinski definition) is 0. The maximum atomic E-state index is 13.6. The average molecular weight is 418 g/mol. The first kappa shape index (κ1) is 18.8. The summed E-state index contributed by atoms with van der Waals surface area (Å²) in [6.45, 7) is 7.07. The molecule has 0 spiro atoms. The van der Waals surface area contributed by atoms with Gasteiger partial charge >= 0.3 is 0 Å². The van der Waals surface area contributed by atoms with Crippen molar-refractivity contribution in [2.45, 2.75) is 13.8 Å². The van der Waals surface area contributed by atoms with Crippen molar-refractivity contribution >= 4 is 33.3 Å². The van der Waals surface area contributed by atoms with E-state index in [1.165, 1.54) is 11.3 Å². The Balaban J connectivity index is 1.48. The van der Waals surface area contributed by atoms with Crippen molar-refractivity contribution in [3.8, 4) is 5.69 Å². The van der Waals surface area contributed by atoms with Gasteiger partial charge in [-0.25, -0.2) is 9.97 Å². The highest BCUT2D eigenvalue weighted by Crippen LogP contribution is 2.36. The van der Waals surface area contributed by atoms with Crippen LogP contribution >= 0.6 is 11.3 Å². The number of pyridine rings is 2. The molecule has 0 atom stereocenters. The van der Waals surface area contributed by atoms with E-state index in [4.69, 9.17) is 0 Å². The van der Waals surface area contributed by atoms with Crippen molar-refractivity contribution < 1.29 is 4.79 Å². The van der Waals surface area contributed by atoms with Gasteiger partial charge in [-0.1, -0.05) is 6.07 Å². The van der Waals surface area contributed by atoms with Gasteiger partial charge in [0.15, 0.2) is 0 Å². The third kappa shape index (κ3) is 3.15. The Morgan fingerprint density at radius 1 is 0.900 bits per heavy atom. The molecule has 0 unspecified atom stereocenters. The van der Waals surface area contributed by atoms with E-state index in [1.807, 2.05) is 35.4 Å². The van der Waals surface area contributed by atoms with E-state index < -0.39 is 0 Å². The molecule has 0 aliphatic carbocycles. The minimum atomic E-state index is 0.0844. The number of fused-ring (bicyclic) bond motifs is 1. The minimum absolute atomic E-state index is 0.0844. The highest BCUT2D eigenvalue weighted by atomic mass is 32.1. The van der Waals surface area contributed by atoms with Gasteiger partial charge in [0, 0.05) is 55.3 Å². The van der Waals surface area contributed by atoms with E-state index in [9.17, 15) is 4.79 Å². The summed E-state index contributed by atoms with van der Waals surface area (Å²) in [5.41, 5.74) is 3.19. The molecule has 1 aliphatic heterocycles. The molecule has 6 nitrogen and oxygen atoms in total. The molecule has 1 fully saturated rings. The molecule has 5 rings (SSSR count). The molecule has 0 aromatic carbocycles. The summed E-state index contributed by atoms with van der Waals surface area (Å²) in [5.74, 6) is 1.05. The first-order chi connectivity index (χ1) is 14.6. The molecule has 4 aromatic heterocycles. The third-order valence-electron chi connectivity index (χ3n) is 5.67. The molecule has 4 aromatic rings. The van der Waals surface area contributed by atoms with Gasteiger partial charge in [-0.05, 0) is 50.2 Å². The number of carbonyl (C=O) groups excluding carboxylic acids is 1. The lowest BCUT2D eigenvalue weighted by Crippen LogP contribution is -2.49. The number of thiophene rings is 1. The van der Waals surface area contributed by atoms with E-state index in [0.717, 1.165) is 51.1 Å². The van der Waals surface area contributed by atoms with Gasteiger partial charge in [0.05, 0.1) is 5.69 Å². The van der Waals surface area contributed by atoms with Crippen LogP contribution in [-0.2, 0) is 0 Å². The lowest BCUT2D eigenvalue weighted by molar-refractivity contribution is 0.0751. The summed E-state index contributed by atoms with van der Waals surface area (Å²) in [5, 5.41) is 1.03. The molecular formula is C23H23N5OS. The zero-order valence-electron chi connectivity index (χ0n) is 17.1. The number of nitrogens with zero attached hydrogens (tertiary/aromatic N) is 5. The molecule has 0 bridgehead atoms. The molecular weight excluding hydrogens is 394 g/mol. The van der Waals surface area contributed by atoms with Crippen LogP contribution in [0.3, 0.4) is 0 Å². The monoisotopic (exact) mass is 417 g/mol. The Bertz CT molecular complexity index is 1190. The number of anilines is 1. The van der Waals surface area contributed by atoms with Crippen LogP contribution in [0.5, 0.6) is 0 Å². The second-order valence-electron chi connectivity index (χ2n) is 7.55. The van der Waals surface area contributed by atoms with Crippen LogP contribution in [0.15, 0.2) is 54.9 Å². The van der Waals surface area contributed by atoms with Crippen LogP contribution in [0.2, 0.25) is 0 Å². The van der Waals surface area contributed by atoms with Crippen molar-refractivity contribution in [3.05, 3.63) is 71.1 Å². The Hall–Kier alpha value is -3.19. The molecule has 1 aliphatic rings. The maximum absolute atomic E-state index is 13.6. The third-order valence-corrected chi connectivity index (χ3v) is 6.76. The number of piperazine rings is 1. The quantitative estimate of drug-likeness (QED) is 0.504.